The number of thiocarbonyl (C=S) groups is 1. The number of likely N-dealkylation sites (tertiary alicyclic amines) is 1. The Morgan fingerprint density at radius 2 is 1.48 bits per heavy atom. The molecule has 52 heavy (non-hydrogen) atoms. The molecule has 0 amide bonds. The Morgan fingerprint density at radius 3 is 2.12 bits per heavy atom. The minimum atomic E-state index is -1.29. The molecule has 3 atom stereocenters. The van der Waals surface area contributed by atoms with Gasteiger partial charge in [0.15, 0.2) is 0 Å². The van der Waals surface area contributed by atoms with Crippen LogP contribution in [-0.2, 0) is 39.9 Å². The fraction of sp³-hybridized carbons (Fsp3) is 0.600. The number of nitrogens with two attached hydrogens (primary N) is 1. The molecule has 3 unspecified atom stereocenters. The van der Waals surface area contributed by atoms with Crippen molar-refractivity contribution >= 4 is 46.1 Å². The van der Waals surface area contributed by atoms with E-state index in [0.717, 1.165) is 37.1 Å². The Balaban J connectivity index is 1.87. The molecule has 2 aromatic carbocycles. The number of benzene rings is 2. The lowest BCUT2D eigenvalue weighted by molar-refractivity contribution is -0.160. The molecule has 0 aromatic heterocycles. The van der Waals surface area contributed by atoms with E-state index in [-0.39, 0.29) is 65.4 Å². The van der Waals surface area contributed by atoms with E-state index >= 15 is 0 Å². The summed E-state index contributed by atoms with van der Waals surface area (Å²) in [5.74, 6) is -1.34. The summed E-state index contributed by atoms with van der Waals surface area (Å²) in [4.78, 5) is 43.6. The number of aliphatic hydroxyl groups excluding tert-OH is 1. The molecule has 1 aliphatic heterocycles. The van der Waals surface area contributed by atoms with Crippen molar-refractivity contribution in [1.29, 1.82) is 0 Å². The molecule has 12 heteroatoms. The maximum Gasteiger partial charge on any atom is 0.322 e. The van der Waals surface area contributed by atoms with Crippen molar-refractivity contribution in [1.82, 2.24) is 4.90 Å². The first-order valence-electron chi connectivity index (χ1n) is 18.4. The SMILES string of the molecule is CC(CN)(CCC(=O)OCCOCCO)CC(C)(CC(C)(SC(=S)c1ccccc1)C(=O)OCc1ccccc1)C(=O)OCCN1CCCCCC1. The third-order valence-electron chi connectivity index (χ3n) is 9.50. The van der Waals surface area contributed by atoms with Gasteiger partial charge in [-0.25, -0.2) is 0 Å². The lowest BCUT2D eigenvalue weighted by Crippen LogP contribution is -2.47. The maximum absolute atomic E-state index is 14.4. The van der Waals surface area contributed by atoms with Crippen LogP contribution in [0.1, 0.15) is 83.3 Å². The molecule has 10 nitrogen and oxygen atoms in total. The van der Waals surface area contributed by atoms with Crippen LogP contribution >= 0.6 is 24.0 Å². The molecule has 1 fully saturated rings. The average Bonchev–Trinajstić information content (AvgIpc) is 3.42. The second kappa shape index (κ2) is 22.4. The number of nitrogens with zero attached hydrogens (tertiary/aromatic N) is 1. The van der Waals surface area contributed by atoms with E-state index in [1.807, 2.05) is 74.5 Å². The predicted molar refractivity (Wildman–Crippen MR) is 209 cm³/mol. The predicted octanol–water partition coefficient (Wildman–Crippen LogP) is 6.10. The molecule has 1 saturated heterocycles. The van der Waals surface area contributed by atoms with Crippen LogP contribution in [0.25, 0.3) is 0 Å². The van der Waals surface area contributed by atoms with E-state index in [0.29, 0.717) is 17.2 Å². The van der Waals surface area contributed by atoms with E-state index in [1.165, 1.54) is 24.6 Å². The van der Waals surface area contributed by atoms with Crippen molar-refractivity contribution < 1.29 is 38.4 Å². The third kappa shape index (κ3) is 14.9. The van der Waals surface area contributed by atoms with Gasteiger partial charge in [0.25, 0.3) is 0 Å². The molecule has 288 valence electrons. The first-order valence-corrected chi connectivity index (χ1v) is 19.6. The Labute approximate surface area is 319 Å². The first kappa shape index (κ1) is 43.5. The summed E-state index contributed by atoms with van der Waals surface area (Å²) >= 11 is 7.09. The molecule has 1 aliphatic rings. The van der Waals surface area contributed by atoms with Crippen LogP contribution in [0.5, 0.6) is 0 Å². The van der Waals surface area contributed by atoms with Gasteiger partial charge in [-0.15, -0.1) is 0 Å². The van der Waals surface area contributed by atoms with Gasteiger partial charge in [0.1, 0.15) is 24.6 Å². The smallest absolute Gasteiger partial charge is 0.322 e. The molecule has 0 spiro atoms. The quantitative estimate of drug-likeness (QED) is 0.0622. The van der Waals surface area contributed by atoms with Crippen molar-refractivity contribution in [3.8, 4) is 0 Å². The molecule has 0 radical (unpaired) electrons. The van der Waals surface area contributed by atoms with Crippen molar-refractivity contribution in [3.63, 3.8) is 0 Å². The minimum absolute atomic E-state index is 0.0516. The Morgan fingerprint density at radius 1 is 0.827 bits per heavy atom. The highest BCUT2D eigenvalue weighted by molar-refractivity contribution is 8.25. The Hall–Kier alpha value is -2.87. The minimum Gasteiger partial charge on any atom is -0.464 e. The third-order valence-corrected chi connectivity index (χ3v) is 11.2. The van der Waals surface area contributed by atoms with Crippen LogP contribution in [0, 0.1) is 10.8 Å². The van der Waals surface area contributed by atoms with E-state index in [4.69, 9.17) is 42.0 Å². The fourth-order valence-electron chi connectivity index (χ4n) is 6.68. The number of rotatable bonds is 22. The number of aliphatic hydroxyl groups is 1. The topological polar surface area (TPSA) is 138 Å². The molecule has 0 aliphatic carbocycles. The van der Waals surface area contributed by atoms with Crippen LogP contribution < -0.4 is 5.73 Å². The fourth-order valence-corrected chi connectivity index (χ4v) is 8.56. The van der Waals surface area contributed by atoms with E-state index < -0.39 is 33.5 Å². The number of esters is 3. The highest BCUT2D eigenvalue weighted by Crippen LogP contribution is 2.47. The van der Waals surface area contributed by atoms with Crippen LogP contribution in [0.15, 0.2) is 60.7 Å². The van der Waals surface area contributed by atoms with Gasteiger partial charge < -0.3 is 29.8 Å². The van der Waals surface area contributed by atoms with E-state index in [9.17, 15) is 14.4 Å². The van der Waals surface area contributed by atoms with Gasteiger partial charge in [-0.3, -0.25) is 19.3 Å². The van der Waals surface area contributed by atoms with Crippen molar-refractivity contribution in [3.05, 3.63) is 71.8 Å². The van der Waals surface area contributed by atoms with Gasteiger partial charge in [0.2, 0.25) is 0 Å². The summed E-state index contributed by atoms with van der Waals surface area (Å²) in [5.41, 5.74) is 6.11. The van der Waals surface area contributed by atoms with Gasteiger partial charge in [0, 0.05) is 13.0 Å². The number of thioether (sulfide) groups is 1. The molecule has 0 saturated carbocycles. The first-order chi connectivity index (χ1) is 24.9. The van der Waals surface area contributed by atoms with Crippen molar-refractivity contribution in [2.24, 2.45) is 16.6 Å². The molecule has 3 N–H and O–H groups in total. The zero-order valence-electron chi connectivity index (χ0n) is 31.1. The van der Waals surface area contributed by atoms with Crippen LogP contribution in [0.2, 0.25) is 0 Å². The molecule has 0 bridgehead atoms. The number of hydrogen-bond donors (Lipinski definition) is 2. The largest absolute Gasteiger partial charge is 0.464 e. The normalized spacial score (nSPS) is 17.1. The number of hydrogen-bond acceptors (Lipinski definition) is 12. The zero-order valence-corrected chi connectivity index (χ0v) is 32.8. The second-order valence-corrected chi connectivity index (χ2v) is 16.6. The maximum atomic E-state index is 14.4. The molecular formula is C40H58N2O8S2. The molecule has 1 heterocycles. The summed E-state index contributed by atoms with van der Waals surface area (Å²) in [6.07, 6.45) is 5.39. The number of ether oxygens (including phenoxy) is 4. The molecule has 3 rings (SSSR count). The zero-order chi connectivity index (χ0) is 37.9. The lowest BCUT2D eigenvalue weighted by atomic mass is 9.67. The van der Waals surface area contributed by atoms with Gasteiger partial charge in [-0.05, 0) is 82.1 Å². The lowest BCUT2D eigenvalue weighted by Gasteiger charge is -2.41. The standard InChI is InChI=1S/C40H58N2O8S2/c1-38(31-41,19-18-34(44)48-27-26-47-25-23-43)29-39(2,36(45)49-24-22-42-20-12-4-5-13-21-42)30-40(3,52-35(51)33-16-10-7-11-17-33)37(46)50-28-32-14-8-6-9-15-32/h6-11,14-17,43H,4-5,12-13,18-31,41H2,1-3H3. The van der Waals surface area contributed by atoms with Crippen molar-refractivity contribution in [2.45, 2.75) is 83.5 Å². The number of carbonyl (C=O) groups is 3. The monoisotopic (exact) mass is 758 g/mol. The highest BCUT2D eigenvalue weighted by atomic mass is 32.2. The summed E-state index contributed by atoms with van der Waals surface area (Å²) in [7, 11) is 0. The Kier molecular flexibility index (Phi) is 18.7. The van der Waals surface area contributed by atoms with Crippen molar-refractivity contribution in [2.75, 3.05) is 59.2 Å². The summed E-state index contributed by atoms with van der Waals surface area (Å²) < 4.78 is 21.7. The van der Waals surface area contributed by atoms with Gasteiger partial charge in [-0.2, -0.15) is 0 Å². The van der Waals surface area contributed by atoms with Gasteiger partial charge in [0.05, 0.1) is 29.4 Å². The molecule has 2 aromatic rings. The highest BCUT2D eigenvalue weighted by Gasteiger charge is 2.50. The summed E-state index contributed by atoms with van der Waals surface area (Å²) in [6.45, 7) is 8.91. The van der Waals surface area contributed by atoms with Gasteiger partial charge >= 0.3 is 17.9 Å². The summed E-state index contributed by atoms with van der Waals surface area (Å²) in [5, 5.41) is 8.88. The van der Waals surface area contributed by atoms with Crippen LogP contribution in [0.4, 0.5) is 0 Å². The average molecular weight is 759 g/mol. The summed E-state index contributed by atoms with van der Waals surface area (Å²) in [6, 6.07) is 18.9. The Bertz CT molecular complexity index is 1390. The second-order valence-electron chi connectivity index (χ2n) is 14.4. The van der Waals surface area contributed by atoms with Crippen LogP contribution in [0.3, 0.4) is 0 Å². The molecular weight excluding hydrogens is 701 g/mol. The van der Waals surface area contributed by atoms with E-state index in [1.54, 1.807) is 6.92 Å². The van der Waals surface area contributed by atoms with Crippen LogP contribution in [-0.4, -0.2) is 96.1 Å². The van der Waals surface area contributed by atoms with Gasteiger partial charge in [-0.1, -0.05) is 104 Å². The number of carbonyl (C=O) groups excluding carboxylic acids is 3. The van der Waals surface area contributed by atoms with E-state index in [2.05, 4.69) is 4.90 Å².